The molecule has 1 aliphatic heterocycles. The topological polar surface area (TPSA) is 42.1 Å². The maximum absolute atomic E-state index is 5.91. The molecular formula is C14H17N3. The van der Waals surface area contributed by atoms with Crippen molar-refractivity contribution in [3.8, 4) is 0 Å². The number of pyridine rings is 1. The van der Waals surface area contributed by atoms with E-state index in [0.29, 0.717) is 6.04 Å². The van der Waals surface area contributed by atoms with Crippen molar-refractivity contribution >= 4 is 10.9 Å². The van der Waals surface area contributed by atoms with Crippen molar-refractivity contribution in [2.24, 2.45) is 5.73 Å². The molecule has 0 aliphatic carbocycles. The van der Waals surface area contributed by atoms with Gasteiger partial charge in [-0.3, -0.25) is 9.88 Å². The van der Waals surface area contributed by atoms with Crippen molar-refractivity contribution in [1.29, 1.82) is 0 Å². The summed E-state index contributed by atoms with van der Waals surface area (Å²) in [5.41, 5.74) is 8.25. The standard InChI is InChI=1S/C14H17N3/c15-13-5-6-17(10-13)9-11-7-12-3-1-2-4-14(12)16-8-11/h1-4,7-8,13H,5-6,9-10,15H2/t13-/m1/s1. The van der Waals surface area contributed by atoms with Gasteiger partial charge in [-0.1, -0.05) is 18.2 Å². The fourth-order valence-electron chi connectivity index (χ4n) is 2.47. The van der Waals surface area contributed by atoms with Crippen LogP contribution < -0.4 is 5.73 Å². The van der Waals surface area contributed by atoms with Crippen molar-refractivity contribution in [3.63, 3.8) is 0 Å². The molecule has 0 radical (unpaired) electrons. The lowest BCUT2D eigenvalue weighted by molar-refractivity contribution is 0.326. The van der Waals surface area contributed by atoms with E-state index in [1.54, 1.807) is 0 Å². The fraction of sp³-hybridized carbons (Fsp3) is 0.357. The molecule has 1 aromatic heterocycles. The highest BCUT2D eigenvalue weighted by Crippen LogP contribution is 2.16. The zero-order valence-electron chi connectivity index (χ0n) is 9.84. The van der Waals surface area contributed by atoms with Gasteiger partial charge in [0.2, 0.25) is 0 Å². The van der Waals surface area contributed by atoms with Gasteiger partial charge in [0.25, 0.3) is 0 Å². The summed E-state index contributed by atoms with van der Waals surface area (Å²) in [6.45, 7) is 3.08. The monoisotopic (exact) mass is 227 g/mol. The van der Waals surface area contributed by atoms with Gasteiger partial charge >= 0.3 is 0 Å². The molecule has 88 valence electrons. The van der Waals surface area contributed by atoms with Gasteiger partial charge in [-0.25, -0.2) is 0 Å². The number of aromatic nitrogens is 1. The Morgan fingerprint density at radius 3 is 3.06 bits per heavy atom. The van der Waals surface area contributed by atoms with Gasteiger partial charge < -0.3 is 5.73 Å². The number of nitrogens with two attached hydrogens (primary N) is 1. The molecule has 0 unspecified atom stereocenters. The normalized spacial score (nSPS) is 21.1. The van der Waals surface area contributed by atoms with Crippen LogP contribution in [0.25, 0.3) is 10.9 Å². The predicted molar refractivity (Wildman–Crippen MR) is 69.6 cm³/mol. The molecule has 0 bridgehead atoms. The maximum atomic E-state index is 5.91. The van der Waals surface area contributed by atoms with E-state index in [0.717, 1.165) is 31.6 Å². The van der Waals surface area contributed by atoms with E-state index >= 15 is 0 Å². The van der Waals surface area contributed by atoms with Crippen LogP contribution in [0.1, 0.15) is 12.0 Å². The number of rotatable bonds is 2. The van der Waals surface area contributed by atoms with E-state index in [-0.39, 0.29) is 0 Å². The van der Waals surface area contributed by atoms with E-state index in [4.69, 9.17) is 5.73 Å². The average Bonchev–Trinajstić information content (AvgIpc) is 2.75. The Morgan fingerprint density at radius 2 is 2.24 bits per heavy atom. The second kappa shape index (κ2) is 4.43. The molecule has 0 saturated carbocycles. The van der Waals surface area contributed by atoms with Crippen molar-refractivity contribution in [3.05, 3.63) is 42.1 Å². The largest absolute Gasteiger partial charge is 0.326 e. The molecule has 17 heavy (non-hydrogen) atoms. The molecule has 0 amide bonds. The van der Waals surface area contributed by atoms with Crippen molar-refractivity contribution in [2.75, 3.05) is 13.1 Å². The Balaban J connectivity index is 1.81. The highest BCUT2D eigenvalue weighted by atomic mass is 15.2. The molecule has 1 fully saturated rings. The molecule has 1 atom stereocenters. The second-order valence-corrected chi connectivity index (χ2v) is 4.82. The second-order valence-electron chi connectivity index (χ2n) is 4.82. The lowest BCUT2D eigenvalue weighted by Crippen LogP contribution is -2.26. The van der Waals surface area contributed by atoms with Crippen LogP contribution in [0, 0.1) is 0 Å². The first kappa shape index (κ1) is 10.7. The Labute approximate surface area is 101 Å². The summed E-state index contributed by atoms with van der Waals surface area (Å²) in [4.78, 5) is 6.88. The van der Waals surface area contributed by atoms with Crippen molar-refractivity contribution < 1.29 is 0 Å². The molecule has 2 N–H and O–H groups in total. The molecular weight excluding hydrogens is 210 g/mol. The zero-order chi connectivity index (χ0) is 11.7. The van der Waals surface area contributed by atoms with Crippen LogP contribution in [0.15, 0.2) is 36.5 Å². The van der Waals surface area contributed by atoms with Crippen LogP contribution in [0.4, 0.5) is 0 Å². The first-order valence-electron chi connectivity index (χ1n) is 6.13. The lowest BCUT2D eigenvalue weighted by atomic mass is 10.1. The molecule has 2 aromatic rings. The molecule has 0 spiro atoms. The van der Waals surface area contributed by atoms with Crippen LogP contribution in [-0.4, -0.2) is 29.0 Å². The Morgan fingerprint density at radius 1 is 1.35 bits per heavy atom. The number of likely N-dealkylation sites (tertiary alicyclic amines) is 1. The van der Waals surface area contributed by atoms with E-state index in [1.807, 2.05) is 18.3 Å². The van der Waals surface area contributed by atoms with Crippen LogP contribution in [0.3, 0.4) is 0 Å². The first-order valence-corrected chi connectivity index (χ1v) is 6.13. The van der Waals surface area contributed by atoms with Crippen LogP contribution in [-0.2, 0) is 6.54 Å². The van der Waals surface area contributed by atoms with Crippen LogP contribution in [0.2, 0.25) is 0 Å². The van der Waals surface area contributed by atoms with Gasteiger partial charge in [0.1, 0.15) is 0 Å². The number of benzene rings is 1. The third-order valence-electron chi connectivity index (χ3n) is 3.36. The van der Waals surface area contributed by atoms with Crippen LogP contribution in [0.5, 0.6) is 0 Å². The minimum Gasteiger partial charge on any atom is -0.326 e. The van der Waals surface area contributed by atoms with Gasteiger partial charge in [-0.05, 0) is 24.1 Å². The van der Waals surface area contributed by atoms with Crippen LogP contribution >= 0.6 is 0 Å². The maximum Gasteiger partial charge on any atom is 0.0702 e. The third kappa shape index (κ3) is 2.30. The Bertz CT molecular complexity index is 524. The summed E-state index contributed by atoms with van der Waals surface area (Å²) < 4.78 is 0. The van der Waals surface area contributed by atoms with E-state index in [1.165, 1.54) is 10.9 Å². The highest BCUT2D eigenvalue weighted by Gasteiger charge is 2.18. The minimum atomic E-state index is 0.350. The molecule has 2 heterocycles. The van der Waals surface area contributed by atoms with E-state index in [2.05, 4.69) is 28.1 Å². The summed E-state index contributed by atoms with van der Waals surface area (Å²) in [5.74, 6) is 0. The Kier molecular flexibility index (Phi) is 2.79. The van der Waals surface area contributed by atoms with Gasteiger partial charge in [0.05, 0.1) is 5.52 Å². The SMILES string of the molecule is N[C@@H]1CCN(Cc2cnc3ccccc3c2)C1. The number of nitrogens with zero attached hydrogens (tertiary/aromatic N) is 2. The number of hydrogen-bond acceptors (Lipinski definition) is 3. The summed E-state index contributed by atoms with van der Waals surface area (Å²) in [5, 5.41) is 1.22. The number of para-hydroxylation sites is 1. The molecule has 3 nitrogen and oxygen atoms in total. The van der Waals surface area contributed by atoms with Crippen molar-refractivity contribution in [1.82, 2.24) is 9.88 Å². The van der Waals surface area contributed by atoms with Gasteiger partial charge in [-0.15, -0.1) is 0 Å². The smallest absolute Gasteiger partial charge is 0.0702 e. The van der Waals surface area contributed by atoms with Crippen molar-refractivity contribution in [2.45, 2.75) is 19.0 Å². The number of fused-ring (bicyclic) bond motifs is 1. The van der Waals surface area contributed by atoms with E-state index in [9.17, 15) is 0 Å². The predicted octanol–water partition coefficient (Wildman–Crippen LogP) is 1.77. The third-order valence-corrected chi connectivity index (χ3v) is 3.36. The van der Waals surface area contributed by atoms with Gasteiger partial charge in [-0.2, -0.15) is 0 Å². The summed E-state index contributed by atoms with van der Waals surface area (Å²) in [6.07, 6.45) is 3.09. The molecule has 1 aliphatic rings. The quantitative estimate of drug-likeness (QED) is 0.850. The average molecular weight is 227 g/mol. The van der Waals surface area contributed by atoms with Gasteiger partial charge in [0, 0.05) is 37.3 Å². The summed E-state index contributed by atoms with van der Waals surface area (Å²) >= 11 is 0. The first-order chi connectivity index (χ1) is 8.31. The lowest BCUT2D eigenvalue weighted by Gasteiger charge is -2.15. The molecule has 3 rings (SSSR count). The van der Waals surface area contributed by atoms with E-state index < -0.39 is 0 Å². The van der Waals surface area contributed by atoms with Gasteiger partial charge in [0.15, 0.2) is 0 Å². The summed E-state index contributed by atoms with van der Waals surface area (Å²) in [7, 11) is 0. The molecule has 3 heteroatoms. The molecule has 1 aromatic carbocycles. The Hall–Kier alpha value is -1.45. The summed E-state index contributed by atoms with van der Waals surface area (Å²) in [6, 6.07) is 10.8. The zero-order valence-corrected chi connectivity index (χ0v) is 9.84. The highest BCUT2D eigenvalue weighted by molar-refractivity contribution is 5.78. The minimum absolute atomic E-state index is 0.350. The number of hydrogen-bond donors (Lipinski definition) is 1. The fourth-order valence-corrected chi connectivity index (χ4v) is 2.47. The molecule has 1 saturated heterocycles.